The van der Waals surface area contributed by atoms with Crippen LogP contribution in [0.5, 0.6) is 0 Å². The first-order valence-electron chi connectivity index (χ1n) is 8.90. The molecule has 1 aromatic carbocycles. The Bertz CT molecular complexity index is 698. The second kappa shape index (κ2) is 7.70. The molecule has 26 heavy (non-hydrogen) atoms. The number of hydrogen-bond donors (Lipinski definition) is 2. The SMILES string of the molecule is Cc1ccc(C(=O)N2CCCC(C(=O)NC3(C(=O)O)CCSC3)C2)cc1. The molecule has 2 fully saturated rings. The Labute approximate surface area is 157 Å². The molecule has 2 amide bonds. The molecule has 2 aliphatic heterocycles. The Hall–Kier alpha value is -2.02. The van der Waals surface area contributed by atoms with Crippen LogP contribution in [0.4, 0.5) is 0 Å². The molecule has 3 rings (SSSR count). The lowest BCUT2D eigenvalue weighted by atomic mass is 9.93. The summed E-state index contributed by atoms with van der Waals surface area (Å²) < 4.78 is 0. The maximum atomic E-state index is 12.7. The van der Waals surface area contributed by atoms with Gasteiger partial charge < -0.3 is 15.3 Å². The first-order valence-corrected chi connectivity index (χ1v) is 10.1. The maximum absolute atomic E-state index is 12.7. The van der Waals surface area contributed by atoms with Crippen molar-refractivity contribution in [1.82, 2.24) is 10.2 Å². The van der Waals surface area contributed by atoms with Gasteiger partial charge in [-0.2, -0.15) is 11.8 Å². The smallest absolute Gasteiger partial charge is 0.330 e. The second-order valence-corrected chi connectivity index (χ2v) is 8.24. The summed E-state index contributed by atoms with van der Waals surface area (Å²) in [6.07, 6.45) is 1.86. The van der Waals surface area contributed by atoms with E-state index in [9.17, 15) is 19.5 Å². The molecule has 2 heterocycles. The molecule has 0 aromatic heterocycles. The van der Waals surface area contributed by atoms with Gasteiger partial charge >= 0.3 is 5.97 Å². The van der Waals surface area contributed by atoms with E-state index in [1.807, 2.05) is 19.1 Å². The minimum Gasteiger partial charge on any atom is -0.479 e. The van der Waals surface area contributed by atoms with Crippen LogP contribution in [0.25, 0.3) is 0 Å². The van der Waals surface area contributed by atoms with Crippen LogP contribution in [0.15, 0.2) is 24.3 Å². The zero-order valence-electron chi connectivity index (χ0n) is 14.9. The Kier molecular flexibility index (Phi) is 5.55. The molecule has 6 nitrogen and oxygen atoms in total. The quantitative estimate of drug-likeness (QED) is 0.838. The third-order valence-corrected chi connectivity index (χ3v) is 6.36. The normalized spacial score (nSPS) is 25.7. The van der Waals surface area contributed by atoms with E-state index in [1.54, 1.807) is 28.8 Å². The molecule has 1 aromatic rings. The number of benzene rings is 1. The highest BCUT2D eigenvalue weighted by atomic mass is 32.2. The van der Waals surface area contributed by atoms with Crippen molar-refractivity contribution < 1.29 is 19.5 Å². The number of thioether (sulfide) groups is 1. The number of likely N-dealkylation sites (tertiary alicyclic amines) is 1. The Morgan fingerprint density at radius 1 is 1.27 bits per heavy atom. The third-order valence-electron chi connectivity index (χ3n) is 5.17. The van der Waals surface area contributed by atoms with Gasteiger partial charge in [-0.3, -0.25) is 9.59 Å². The monoisotopic (exact) mass is 376 g/mol. The highest BCUT2D eigenvalue weighted by Gasteiger charge is 2.44. The number of aliphatic carboxylic acids is 1. The van der Waals surface area contributed by atoms with Gasteiger partial charge in [0.1, 0.15) is 5.54 Å². The van der Waals surface area contributed by atoms with Crippen LogP contribution < -0.4 is 5.32 Å². The molecule has 0 radical (unpaired) electrons. The molecule has 2 saturated heterocycles. The number of rotatable bonds is 4. The van der Waals surface area contributed by atoms with Gasteiger partial charge in [0.15, 0.2) is 0 Å². The van der Waals surface area contributed by atoms with Crippen LogP contribution in [-0.2, 0) is 9.59 Å². The molecule has 0 spiro atoms. The number of amides is 2. The number of carboxylic acid groups (broad SMARTS) is 1. The zero-order valence-corrected chi connectivity index (χ0v) is 15.7. The molecule has 0 aliphatic carbocycles. The van der Waals surface area contributed by atoms with Gasteiger partial charge in [0.2, 0.25) is 5.91 Å². The predicted molar refractivity (Wildman–Crippen MR) is 100 cm³/mol. The predicted octanol–water partition coefficient (Wildman–Crippen LogP) is 1.92. The van der Waals surface area contributed by atoms with E-state index < -0.39 is 11.5 Å². The van der Waals surface area contributed by atoms with Crippen molar-refractivity contribution in [2.24, 2.45) is 5.92 Å². The molecule has 0 bridgehead atoms. The fraction of sp³-hybridized carbons (Fsp3) is 0.526. The summed E-state index contributed by atoms with van der Waals surface area (Å²) in [5, 5.41) is 12.3. The van der Waals surface area contributed by atoms with Gasteiger partial charge in [0.25, 0.3) is 5.91 Å². The summed E-state index contributed by atoms with van der Waals surface area (Å²) in [7, 11) is 0. The van der Waals surface area contributed by atoms with Crippen molar-refractivity contribution in [3.05, 3.63) is 35.4 Å². The molecule has 140 valence electrons. The number of aryl methyl sites for hydroxylation is 1. The second-order valence-electron chi connectivity index (χ2n) is 7.14. The fourth-order valence-electron chi connectivity index (χ4n) is 3.48. The summed E-state index contributed by atoms with van der Waals surface area (Å²) in [4.78, 5) is 38.7. The molecule has 2 atom stereocenters. The first-order chi connectivity index (χ1) is 12.4. The number of carboxylic acids is 1. The third kappa shape index (κ3) is 3.87. The van der Waals surface area contributed by atoms with Crippen molar-refractivity contribution in [2.75, 3.05) is 24.6 Å². The van der Waals surface area contributed by atoms with Crippen LogP contribution in [0.3, 0.4) is 0 Å². The molecule has 2 N–H and O–H groups in total. The first kappa shape index (κ1) is 18.8. The van der Waals surface area contributed by atoms with Gasteiger partial charge in [-0.15, -0.1) is 0 Å². The van der Waals surface area contributed by atoms with Crippen molar-refractivity contribution >= 4 is 29.5 Å². The highest BCUT2D eigenvalue weighted by molar-refractivity contribution is 7.99. The van der Waals surface area contributed by atoms with Crippen LogP contribution in [0, 0.1) is 12.8 Å². The van der Waals surface area contributed by atoms with E-state index in [1.165, 1.54) is 0 Å². The van der Waals surface area contributed by atoms with Crippen molar-refractivity contribution in [3.63, 3.8) is 0 Å². The van der Waals surface area contributed by atoms with E-state index in [0.29, 0.717) is 37.2 Å². The number of hydrogen-bond acceptors (Lipinski definition) is 4. The summed E-state index contributed by atoms with van der Waals surface area (Å²) in [6, 6.07) is 7.40. The van der Waals surface area contributed by atoms with Crippen molar-refractivity contribution in [1.29, 1.82) is 0 Å². The Morgan fingerprint density at radius 2 is 2.00 bits per heavy atom. The molecule has 7 heteroatoms. The van der Waals surface area contributed by atoms with Crippen LogP contribution in [-0.4, -0.2) is 57.9 Å². The van der Waals surface area contributed by atoms with E-state index in [0.717, 1.165) is 17.7 Å². The van der Waals surface area contributed by atoms with Crippen molar-refractivity contribution in [3.8, 4) is 0 Å². The topological polar surface area (TPSA) is 86.7 Å². The van der Waals surface area contributed by atoms with Gasteiger partial charge in [-0.25, -0.2) is 4.79 Å². The summed E-state index contributed by atoms with van der Waals surface area (Å²) in [5.41, 5.74) is 0.544. The van der Waals surface area contributed by atoms with E-state index >= 15 is 0 Å². The minimum absolute atomic E-state index is 0.0770. The highest BCUT2D eigenvalue weighted by Crippen LogP contribution is 2.29. The number of carbonyl (C=O) groups excluding carboxylic acids is 2. The standard InChI is InChI=1S/C19H24N2O4S/c1-13-4-6-14(7-5-13)17(23)21-9-2-3-15(11-21)16(22)20-19(18(24)25)8-10-26-12-19/h4-7,15H,2-3,8-12H2,1H3,(H,20,22)(H,24,25). The Balaban J connectivity index is 1.66. The average Bonchev–Trinajstić information content (AvgIpc) is 3.12. The van der Waals surface area contributed by atoms with Crippen molar-refractivity contribution in [2.45, 2.75) is 31.7 Å². The fourth-order valence-corrected chi connectivity index (χ4v) is 4.80. The van der Waals surface area contributed by atoms with Gasteiger partial charge in [0, 0.05) is 24.4 Å². The Morgan fingerprint density at radius 3 is 2.62 bits per heavy atom. The number of carbonyl (C=O) groups is 3. The zero-order chi connectivity index (χ0) is 18.7. The largest absolute Gasteiger partial charge is 0.479 e. The van der Waals surface area contributed by atoms with Crippen LogP contribution in [0.2, 0.25) is 0 Å². The summed E-state index contributed by atoms with van der Waals surface area (Å²) >= 11 is 1.54. The lowest BCUT2D eigenvalue weighted by Gasteiger charge is -2.34. The van der Waals surface area contributed by atoms with Crippen LogP contribution in [0.1, 0.15) is 35.2 Å². The number of nitrogens with one attached hydrogen (secondary N) is 1. The summed E-state index contributed by atoms with van der Waals surface area (Å²) in [6.45, 7) is 2.92. The van der Waals surface area contributed by atoms with Gasteiger partial charge in [0.05, 0.1) is 5.92 Å². The lowest BCUT2D eigenvalue weighted by molar-refractivity contribution is -0.147. The molecular weight excluding hydrogens is 352 g/mol. The minimum atomic E-state index is -1.16. The summed E-state index contributed by atoms with van der Waals surface area (Å²) in [5.74, 6) is -0.537. The molecule has 2 unspecified atom stereocenters. The number of nitrogens with zero attached hydrogens (tertiary/aromatic N) is 1. The van der Waals surface area contributed by atoms with E-state index in [2.05, 4.69) is 5.32 Å². The maximum Gasteiger partial charge on any atom is 0.330 e. The van der Waals surface area contributed by atoms with E-state index in [4.69, 9.17) is 0 Å². The average molecular weight is 376 g/mol. The molecular formula is C19H24N2O4S. The van der Waals surface area contributed by atoms with Gasteiger partial charge in [-0.1, -0.05) is 17.7 Å². The van der Waals surface area contributed by atoms with Gasteiger partial charge in [-0.05, 0) is 44.1 Å². The van der Waals surface area contributed by atoms with Crippen LogP contribution >= 0.6 is 11.8 Å². The van der Waals surface area contributed by atoms with E-state index in [-0.39, 0.29) is 17.7 Å². The molecule has 0 saturated carbocycles. The lowest BCUT2D eigenvalue weighted by Crippen LogP contribution is -2.57. The number of piperidine rings is 1. The molecule has 2 aliphatic rings.